The Labute approximate surface area is 150 Å². The Bertz CT molecular complexity index is 768. The molecule has 26 heavy (non-hydrogen) atoms. The average molecular weight is 356 g/mol. The van der Waals surface area contributed by atoms with Gasteiger partial charge in [-0.1, -0.05) is 0 Å². The second-order valence-corrected chi connectivity index (χ2v) is 6.12. The van der Waals surface area contributed by atoms with Gasteiger partial charge in [0.1, 0.15) is 11.5 Å². The predicted molar refractivity (Wildman–Crippen MR) is 93.5 cm³/mol. The lowest BCUT2D eigenvalue weighted by Gasteiger charge is -2.21. The quantitative estimate of drug-likeness (QED) is 0.480. The van der Waals surface area contributed by atoms with Gasteiger partial charge in [0, 0.05) is 17.7 Å². The zero-order valence-corrected chi connectivity index (χ0v) is 14.0. The number of phenolic OH excluding ortho intramolecular Hbond substituents is 2. The highest BCUT2D eigenvalue weighted by Gasteiger charge is 2.28. The van der Waals surface area contributed by atoms with Crippen LogP contribution in [0.4, 0.5) is 0 Å². The van der Waals surface area contributed by atoms with E-state index in [9.17, 15) is 19.8 Å². The lowest BCUT2D eigenvalue weighted by atomic mass is 10.1. The minimum Gasteiger partial charge on any atom is -0.508 e. The van der Waals surface area contributed by atoms with Crippen molar-refractivity contribution in [2.24, 2.45) is 5.92 Å². The first-order valence-corrected chi connectivity index (χ1v) is 8.33. The normalized spacial score (nSPS) is 17.5. The molecule has 4 N–H and O–H groups in total. The van der Waals surface area contributed by atoms with Crippen molar-refractivity contribution in [3.8, 4) is 11.5 Å². The largest absolute Gasteiger partial charge is 0.508 e. The van der Waals surface area contributed by atoms with E-state index in [2.05, 4.69) is 10.6 Å². The molecule has 2 unspecified atom stereocenters. The van der Waals surface area contributed by atoms with Gasteiger partial charge in [0.25, 0.3) is 5.91 Å². The number of esters is 1. The number of phenols is 2. The van der Waals surface area contributed by atoms with E-state index < -0.39 is 12.1 Å². The van der Waals surface area contributed by atoms with Crippen molar-refractivity contribution in [2.45, 2.75) is 12.6 Å². The molecule has 1 aliphatic rings. The molecule has 0 radical (unpaired) electrons. The molecular formula is C19H20N2O5. The summed E-state index contributed by atoms with van der Waals surface area (Å²) in [7, 11) is 0. The van der Waals surface area contributed by atoms with Gasteiger partial charge < -0.3 is 25.6 Å². The topological polar surface area (TPSA) is 108 Å². The van der Waals surface area contributed by atoms with Crippen molar-refractivity contribution in [3.05, 3.63) is 59.7 Å². The number of hydrogen-bond donors (Lipinski definition) is 4. The van der Waals surface area contributed by atoms with Crippen LogP contribution in [0.1, 0.15) is 28.6 Å². The third kappa shape index (κ3) is 4.31. The number of nitrogens with one attached hydrogen (secondary N) is 2. The lowest BCUT2D eigenvalue weighted by Crippen LogP contribution is -2.34. The summed E-state index contributed by atoms with van der Waals surface area (Å²) in [5.41, 5.74) is 0.861. The molecule has 0 spiro atoms. The Morgan fingerprint density at radius 2 is 1.65 bits per heavy atom. The van der Waals surface area contributed by atoms with Crippen LogP contribution < -0.4 is 10.6 Å². The zero-order chi connectivity index (χ0) is 18.5. The summed E-state index contributed by atoms with van der Waals surface area (Å²) in [4.78, 5) is 24.8. The number of rotatable bonds is 5. The standard InChI is InChI=1S/C19H20N2O5/c22-15-5-1-12(2-6-15)17(24)21-18(13-3-7-16(23)8-4-13)26-19(25)14-9-10-20-11-14/h1-8,14,18,20,22-23H,9-11H2,(H,21,24). The van der Waals surface area contributed by atoms with Gasteiger partial charge in [0.15, 0.2) is 0 Å². The molecule has 7 heteroatoms. The molecule has 136 valence electrons. The smallest absolute Gasteiger partial charge is 0.312 e. The van der Waals surface area contributed by atoms with E-state index in [-0.39, 0.29) is 23.4 Å². The van der Waals surface area contributed by atoms with Gasteiger partial charge in [-0.05, 0) is 61.5 Å². The minimum atomic E-state index is -0.981. The maximum absolute atomic E-state index is 12.5. The molecule has 1 fully saturated rings. The van der Waals surface area contributed by atoms with Gasteiger partial charge in [-0.3, -0.25) is 9.59 Å². The van der Waals surface area contributed by atoms with Gasteiger partial charge in [0.2, 0.25) is 6.23 Å². The van der Waals surface area contributed by atoms with Crippen molar-refractivity contribution in [2.75, 3.05) is 13.1 Å². The fourth-order valence-electron chi connectivity index (χ4n) is 2.71. The van der Waals surface area contributed by atoms with Crippen molar-refractivity contribution in [3.63, 3.8) is 0 Å². The van der Waals surface area contributed by atoms with Crippen LogP contribution in [0.2, 0.25) is 0 Å². The molecule has 0 bridgehead atoms. The molecular weight excluding hydrogens is 336 g/mol. The maximum Gasteiger partial charge on any atom is 0.312 e. The molecule has 0 aliphatic carbocycles. The molecule has 1 heterocycles. The third-order valence-electron chi connectivity index (χ3n) is 4.22. The molecule has 1 amide bonds. The summed E-state index contributed by atoms with van der Waals surface area (Å²) in [6, 6.07) is 11.8. The van der Waals surface area contributed by atoms with Gasteiger partial charge >= 0.3 is 5.97 Å². The first kappa shape index (κ1) is 17.8. The van der Waals surface area contributed by atoms with Crippen LogP contribution in [-0.4, -0.2) is 35.2 Å². The number of amides is 1. The fraction of sp³-hybridized carbons (Fsp3) is 0.263. The Morgan fingerprint density at radius 1 is 1.04 bits per heavy atom. The van der Waals surface area contributed by atoms with Gasteiger partial charge in [-0.15, -0.1) is 0 Å². The summed E-state index contributed by atoms with van der Waals surface area (Å²) >= 11 is 0. The average Bonchev–Trinajstić information content (AvgIpc) is 3.17. The van der Waals surface area contributed by atoms with Crippen molar-refractivity contribution >= 4 is 11.9 Å². The molecule has 2 atom stereocenters. The lowest BCUT2D eigenvalue weighted by molar-refractivity contribution is -0.154. The maximum atomic E-state index is 12.5. The Hall–Kier alpha value is -3.06. The summed E-state index contributed by atoms with van der Waals surface area (Å²) in [5, 5.41) is 24.6. The molecule has 7 nitrogen and oxygen atoms in total. The number of benzene rings is 2. The highest BCUT2D eigenvalue weighted by molar-refractivity contribution is 5.94. The number of ether oxygens (including phenoxy) is 1. The van der Waals surface area contributed by atoms with E-state index in [1.807, 2.05) is 0 Å². The number of hydrogen-bond acceptors (Lipinski definition) is 6. The second kappa shape index (κ2) is 7.88. The zero-order valence-electron chi connectivity index (χ0n) is 14.0. The van der Waals surface area contributed by atoms with Crippen LogP contribution in [0.25, 0.3) is 0 Å². The van der Waals surface area contributed by atoms with E-state index in [4.69, 9.17) is 4.74 Å². The molecule has 0 aromatic heterocycles. The molecule has 2 aromatic carbocycles. The van der Waals surface area contributed by atoms with Crippen LogP contribution in [0.3, 0.4) is 0 Å². The molecule has 3 rings (SSSR count). The summed E-state index contributed by atoms with van der Waals surface area (Å²) < 4.78 is 5.53. The fourth-order valence-corrected chi connectivity index (χ4v) is 2.71. The third-order valence-corrected chi connectivity index (χ3v) is 4.22. The first-order chi connectivity index (χ1) is 12.5. The summed E-state index contributed by atoms with van der Waals surface area (Å²) in [6.07, 6.45) is -0.294. The van der Waals surface area contributed by atoms with E-state index >= 15 is 0 Å². The minimum absolute atomic E-state index is 0.0526. The Balaban J connectivity index is 1.77. The number of carbonyl (C=O) groups is 2. The van der Waals surface area contributed by atoms with Crippen LogP contribution in [0, 0.1) is 5.92 Å². The Kier molecular flexibility index (Phi) is 5.38. The van der Waals surface area contributed by atoms with E-state index in [0.29, 0.717) is 24.1 Å². The van der Waals surface area contributed by atoms with Crippen molar-refractivity contribution in [1.82, 2.24) is 10.6 Å². The summed E-state index contributed by atoms with van der Waals surface area (Å²) in [5.74, 6) is -0.958. The molecule has 0 saturated carbocycles. The number of aromatic hydroxyl groups is 2. The first-order valence-electron chi connectivity index (χ1n) is 8.33. The second-order valence-electron chi connectivity index (χ2n) is 6.12. The highest BCUT2D eigenvalue weighted by atomic mass is 16.6. The SMILES string of the molecule is O=C(NC(OC(=O)C1CCNC1)c1ccc(O)cc1)c1ccc(O)cc1. The van der Waals surface area contributed by atoms with Crippen molar-refractivity contribution in [1.29, 1.82) is 0 Å². The van der Waals surface area contributed by atoms with E-state index in [1.165, 1.54) is 36.4 Å². The van der Waals surface area contributed by atoms with Gasteiger partial charge in [-0.2, -0.15) is 0 Å². The summed E-state index contributed by atoms with van der Waals surface area (Å²) in [6.45, 7) is 1.30. The van der Waals surface area contributed by atoms with Gasteiger partial charge in [0.05, 0.1) is 5.92 Å². The van der Waals surface area contributed by atoms with Crippen LogP contribution >= 0.6 is 0 Å². The highest BCUT2D eigenvalue weighted by Crippen LogP contribution is 2.22. The molecule has 2 aromatic rings. The van der Waals surface area contributed by atoms with Crippen molar-refractivity contribution < 1.29 is 24.5 Å². The predicted octanol–water partition coefficient (Wildman–Crippen LogP) is 1.68. The van der Waals surface area contributed by atoms with Crippen LogP contribution in [0.15, 0.2) is 48.5 Å². The van der Waals surface area contributed by atoms with E-state index in [0.717, 1.165) is 6.54 Å². The Morgan fingerprint density at radius 3 is 2.23 bits per heavy atom. The van der Waals surface area contributed by atoms with Crippen LogP contribution in [0.5, 0.6) is 11.5 Å². The van der Waals surface area contributed by atoms with Gasteiger partial charge in [-0.25, -0.2) is 0 Å². The number of carbonyl (C=O) groups excluding carboxylic acids is 2. The van der Waals surface area contributed by atoms with Crippen LogP contribution in [-0.2, 0) is 9.53 Å². The monoisotopic (exact) mass is 356 g/mol. The molecule has 1 saturated heterocycles. The molecule has 1 aliphatic heterocycles. The van der Waals surface area contributed by atoms with E-state index in [1.54, 1.807) is 12.1 Å².